The molecule has 1 saturated carbocycles. The molecule has 7 nitrogen and oxygen atoms in total. The van der Waals surface area contributed by atoms with Crippen molar-refractivity contribution < 1.29 is 14.0 Å². The van der Waals surface area contributed by atoms with Crippen LogP contribution in [0.2, 0.25) is 0 Å². The highest BCUT2D eigenvalue weighted by atomic mass is 19.1. The summed E-state index contributed by atoms with van der Waals surface area (Å²) in [5.74, 6) is -0.225. The number of hydrogen-bond acceptors (Lipinski definition) is 4. The van der Waals surface area contributed by atoms with Crippen LogP contribution in [0.25, 0.3) is 0 Å². The van der Waals surface area contributed by atoms with Crippen molar-refractivity contribution in [3.8, 4) is 0 Å². The normalized spacial score (nSPS) is 22.2. The highest BCUT2D eigenvalue weighted by molar-refractivity contribution is 5.91. The number of aromatic nitrogens is 3. The molecule has 30 heavy (non-hydrogen) atoms. The minimum Gasteiger partial charge on any atom is -0.347 e. The molecule has 1 aromatic carbocycles. The zero-order valence-electron chi connectivity index (χ0n) is 17.0. The predicted octanol–water partition coefficient (Wildman–Crippen LogP) is 2.73. The van der Waals surface area contributed by atoms with Crippen LogP contribution in [0.1, 0.15) is 54.6 Å². The van der Waals surface area contributed by atoms with Crippen molar-refractivity contribution >= 4 is 11.8 Å². The van der Waals surface area contributed by atoms with Crippen LogP contribution in [0.5, 0.6) is 0 Å². The number of likely N-dealkylation sites (tertiary alicyclic amines) is 1. The molecule has 1 N–H and O–H groups in total. The van der Waals surface area contributed by atoms with Gasteiger partial charge in [-0.2, -0.15) is 0 Å². The van der Waals surface area contributed by atoms with E-state index >= 15 is 0 Å². The van der Waals surface area contributed by atoms with Gasteiger partial charge in [0.05, 0.1) is 25.3 Å². The van der Waals surface area contributed by atoms with Gasteiger partial charge in [-0.05, 0) is 18.4 Å². The predicted molar refractivity (Wildman–Crippen MR) is 109 cm³/mol. The van der Waals surface area contributed by atoms with Crippen molar-refractivity contribution in [2.75, 3.05) is 6.54 Å². The second kappa shape index (κ2) is 9.36. The van der Waals surface area contributed by atoms with Gasteiger partial charge in [-0.15, -0.1) is 5.10 Å². The molecule has 2 fully saturated rings. The standard InChI is InChI=1S/C22H28FN5O2/c23-18-11-19(28(13-18)22(30)17-9-5-2-6-10-17)14-27-15-20(25-26-27)21(29)24-12-16-7-3-1-4-8-16/h1,3-4,7-8,15,17-19H,2,5-6,9-14H2,(H,24,29). The number of rotatable bonds is 6. The zero-order valence-corrected chi connectivity index (χ0v) is 17.0. The smallest absolute Gasteiger partial charge is 0.273 e. The fourth-order valence-electron chi connectivity index (χ4n) is 4.46. The van der Waals surface area contributed by atoms with E-state index in [1.807, 2.05) is 30.3 Å². The van der Waals surface area contributed by atoms with E-state index in [4.69, 9.17) is 0 Å². The van der Waals surface area contributed by atoms with Crippen molar-refractivity contribution in [2.45, 2.75) is 63.8 Å². The van der Waals surface area contributed by atoms with Gasteiger partial charge in [-0.25, -0.2) is 9.07 Å². The third kappa shape index (κ3) is 4.86. The molecular weight excluding hydrogens is 385 g/mol. The van der Waals surface area contributed by atoms with Gasteiger partial charge >= 0.3 is 0 Å². The number of nitrogens with one attached hydrogen (secondary N) is 1. The number of benzene rings is 1. The first-order valence-corrected chi connectivity index (χ1v) is 10.8. The highest BCUT2D eigenvalue weighted by Gasteiger charge is 2.38. The van der Waals surface area contributed by atoms with Crippen molar-refractivity contribution in [3.63, 3.8) is 0 Å². The highest BCUT2D eigenvalue weighted by Crippen LogP contribution is 2.30. The van der Waals surface area contributed by atoms with Crippen LogP contribution < -0.4 is 5.32 Å². The van der Waals surface area contributed by atoms with Crippen LogP contribution >= 0.6 is 0 Å². The van der Waals surface area contributed by atoms with E-state index < -0.39 is 6.17 Å². The Hall–Kier alpha value is -2.77. The first kappa shape index (κ1) is 20.5. The molecule has 160 valence electrons. The molecule has 1 saturated heterocycles. The Morgan fingerprint density at radius 2 is 1.90 bits per heavy atom. The van der Waals surface area contributed by atoms with Crippen LogP contribution in [0.3, 0.4) is 0 Å². The summed E-state index contributed by atoms with van der Waals surface area (Å²) in [5.41, 5.74) is 1.21. The van der Waals surface area contributed by atoms with E-state index in [9.17, 15) is 14.0 Å². The fraction of sp³-hybridized carbons (Fsp3) is 0.545. The van der Waals surface area contributed by atoms with E-state index in [1.165, 1.54) is 6.42 Å². The molecule has 0 spiro atoms. The van der Waals surface area contributed by atoms with Crippen molar-refractivity contribution in [3.05, 3.63) is 47.8 Å². The van der Waals surface area contributed by atoms with Crippen LogP contribution in [0.15, 0.2) is 36.5 Å². The van der Waals surface area contributed by atoms with Gasteiger partial charge < -0.3 is 10.2 Å². The topological polar surface area (TPSA) is 80.1 Å². The summed E-state index contributed by atoms with van der Waals surface area (Å²) in [6, 6.07) is 9.36. The quantitative estimate of drug-likeness (QED) is 0.790. The summed E-state index contributed by atoms with van der Waals surface area (Å²) in [5, 5.41) is 10.8. The Morgan fingerprint density at radius 1 is 1.13 bits per heavy atom. The second-order valence-corrected chi connectivity index (χ2v) is 8.31. The Labute approximate surface area is 175 Å². The maximum absolute atomic E-state index is 14.1. The lowest BCUT2D eigenvalue weighted by Crippen LogP contribution is -2.42. The van der Waals surface area contributed by atoms with Crippen LogP contribution in [-0.4, -0.2) is 50.5 Å². The third-order valence-electron chi connectivity index (χ3n) is 6.07. The molecule has 2 atom stereocenters. The molecule has 0 radical (unpaired) electrons. The zero-order chi connectivity index (χ0) is 20.9. The van der Waals surface area contributed by atoms with Crippen LogP contribution in [-0.2, 0) is 17.9 Å². The van der Waals surface area contributed by atoms with Gasteiger partial charge in [0.2, 0.25) is 5.91 Å². The SMILES string of the molecule is O=C(NCc1ccccc1)c1cn(CC2CC(F)CN2C(=O)C2CCCCC2)nn1. The van der Waals surface area contributed by atoms with E-state index in [-0.39, 0.29) is 36.0 Å². The maximum atomic E-state index is 14.1. The van der Waals surface area contributed by atoms with E-state index in [1.54, 1.807) is 15.8 Å². The lowest BCUT2D eigenvalue weighted by molar-refractivity contribution is -0.137. The number of nitrogens with zero attached hydrogens (tertiary/aromatic N) is 4. The molecule has 1 aromatic heterocycles. The molecule has 0 bridgehead atoms. The van der Waals surface area contributed by atoms with Gasteiger partial charge in [-0.3, -0.25) is 9.59 Å². The molecule has 8 heteroatoms. The lowest BCUT2D eigenvalue weighted by Gasteiger charge is -2.30. The molecular formula is C22H28FN5O2. The minimum atomic E-state index is -1.01. The molecule has 1 aliphatic heterocycles. The number of halogens is 1. The van der Waals surface area contributed by atoms with Crippen molar-refractivity contribution in [2.24, 2.45) is 5.92 Å². The Morgan fingerprint density at radius 3 is 2.67 bits per heavy atom. The molecule has 2 unspecified atom stereocenters. The average molecular weight is 413 g/mol. The van der Waals surface area contributed by atoms with Crippen LogP contribution in [0.4, 0.5) is 4.39 Å². The fourth-order valence-corrected chi connectivity index (χ4v) is 4.46. The van der Waals surface area contributed by atoms with Crippen LogP contribution in [0, 0.1) is 5.92 Å². The molecule has 4 rings (SSSR count). The summed E-state index contributed by atoms with van der Waals surface area (Å²) in [7, 11) is 0. The van der Waals surface area contributed by atoms with Crippen molar-refractivity contribution in [1.29, 1.82) is 0 Å². The van der Waals surface area contributed by atoms with Gasteiger partial charge in [0.1, 0.15) is 6.17 Å². The molecule has 2 aliphatic rings. The first-order valence-electron chi connectivity index (χ1n) is 10.8. The lowest BCUT2D eigenvalue weighted by atomic mass is 9.88. The molecule has 2 heterocycles. The largest absolute Gasteiger partial charge is 0.347 e. The van der Waals surface area contributed by atoms with Gasteiger partial charge in [0, 0.05) is 18.9 Å². The maximum Gasteiger partial charge on any atom is 0.273 e. The molecule has 2 aromatic rings. The average Bonchev–Trinajstić information content (AvgIpc) is 3.39. The molecule has 2 amide bonds. The first-order chi connectivity index (χ1) is 14.6. The van der Waals surface area contributed by atoms with E-state index in [0.717, 1.165) is 31.2 Å². The van der Waals surface area contributed by atoms with Gasteiger partial charge in [-0.1, -0.05) is 54.8 Å². The number of carbonyl (C=O) groups excluding carboxylic acids is 2. The minimum absolute atomic E-state index is 0.0154. The van der Waals surface area contributed by atoms with E-state index in [2.05, 4.69) is 15.6 Å². The summed E-state index contributed by atoms with van der Waals surface area (Å²) in [6.07, 6.45) is 5.95. The number of amides is 2. The summed E-state index contributed by atoms with van der Waals surface area (Å²) < 4.78 is 15.7. The Balaban J connectivity index is 1.35. The summed E-state index contributed by atoms with van der Waals surface area (Å²) in [4.78, 5) is 27.0. The monoisotopic (exact) mass is 413 g/mol. The second-order valence-electron chi connectivity index (χ2n) is 8.31. The number of carbonyl (C=O) groups is 2. The third-order valence-corrected chi connectivity index (χ3v) is 6.07. The van der Waals surface area contributed by atoms with Crippen molar-refractivity contribution in [1.82, 2.24) is 25.2 Å². The van der Waals surface area contributed by atoms with Gasteiger partial charge in [0.25, 0.3) is 5.91 Å². The number of alkyl halides is 1. The van der Waals surface area contributed by atoms with Gasteiger partial charge in [0.15, 0.2) is 5.69 Å². The number of hydrogen-bond donors (Lipinski definition) is 1. The summed E-state index contributed by atoms with van der Waals surface area (Å²) >= 11 is 0. The Kier molecular flexibility index (Phi) is 6.40. The Bertz CT molecular complexity index is 865. The summed E-state index contributed by atoms with van der Waals surface area (Å²) in [6.45, 7) is 0.902. The van der Waals surface area contributed by atoms with E-state index in [0.29, 0.717) is 19.5 Å². The molecule has 1 aliphatic carbocycles.